The van der Waals surface area contributed by atoms with Crippen LogP contribution in [0.25, 0.3) is 10.9 Å². The minimum Gasteiger partial charge on any atom is -0.368 e. The third-order valence-corrected chi connectivity index (χ3v) is 3.24. The van der Waals surface area contributed by atoms with Crippen LogP contribution in [0.4, 0.5) is 10.6 Å². The summed E-state index contributed by atoms with van der Waals surface area (Å²) in [7, 11) is 3.36. The molecule has 7 heteroatoms. The van der Waals surface area contributed by atoms with E-state index in [2.05, 4.69) is 21.7 Å². The van der Waals surface area contributed by atoms with Gasteiger partial charge >= 0.3 is 6.03 Å². The van der Waals surface area contributed by atoms with Crippen LogP contribution in [0.1, 0.15) is 5.56 Å². The molecule has 1 heterocycles. The highest BCUT2D eigenvalue weighted by Crippen LogP contribution is 2.23. The summed E-state index contributed by atoms with van der Waals surface area (Å²) >= 11 is 5.95. The van der Waals surface area contributed by atoms with Crippen molar-refractivity contribution in [3.05, 3.63) is 34.9 Å². The van der Waals surface area contributed by atoms with Gasteiger partial charge in [0.2, 0.25) is 0 Å². The maximum absolute atomic E-state index is 11.4. The van der Waals surface area contributed by atoms with Gasteiger partial charge in [-0.3, -0.25) is 0 Å². The lowest BCUT2D eigenvalue weighted by Gasteiger charge is -2.12. The number of carbonyl (C=O) groups is 1. The van der Waals surface area contributed by atoms with E-state index < -0.39 is 0 Å². The molecule has 0 saturated carbocycles. The van der Waals surface area contributed by atoms with Gasteiger partial charge < -0.3 is 15.5 Å². The van der Waals surface area contributed by atoms with E-state index in [-0.39, 0.29) is 6.03 Å². The zero-order valence-electron chi connectivity index (χ0n) is 12.4. The molecule has 0 saturated heterocycles. The van der Waals surface area contributed by atoms with Crippen LogP contribution in [0.15, 0.2) is 24.3 Å². The second-order valence-corrected chi connectivity index (χ2v) is 5.32. The van der Waals surface area contributed by atoms with Gasteiger partial charge in [0.05, 0.1) is 17.1 Å². The number of aromatic nitrogens is 1. The second kappa shape index (κ2) is 6.96. The Bertz CT molecular complexity index is 739. The van der Waals surface area contributed by atoms with E-state index in [0.29, 0.717) is 35.0 Å². The molecule has 2 amide bonds. The summed E-state index contributed by atoms with van der Waals surface area (Å²) in [4.78, 5) is 17.3. The molecule has 0 bridgehead atoms. The van der Waals surface area contributed by atoms with E-state index >= 15 is 0 Å². The van der Waals surface area contributed by atoms with E-state index in [4.69, 9.17) is 11.6 Å². The lowest BCUT2D eigenvalue weighted by Crippen LogP contribution is -2.37. The van der Waals surface area contributed by atoms with Gasteiger partial charge in [-0.25, -0.2) is 9.78 Å². The quantitative estimate of drug-likeness (QED) is 0.849. The Hall–Kier alpha value is -2.52. The molecule has 1 aromatic carbocycles. The van der Waals surface area contributed by atoms with Crippen LogP contribution in [0.2, 0.25) is 5.02 Å². The summed E-state index contributed by atoms with van der Waals surface area (Å²) < 4.78 is 0. The summed E-state index contributed by atoms with van der Waals surface area (Å²) in [6.07, 6.45) is 0. The summed E-state index contributed by atoms with van der Waals surface area (Å²) in [5, 5.41) is 16.4. The van der Waals surface area contributed by atoms with Crippen LogP contribution < -0.4 is 10.6 Å². The number of nitriles is 1. The summed E-state index contributed by atoms with van der Waals surface area (Å²) in [5.74, 6) is 0.588. The van der Waals surface area contributed by atoms with E-state index in [1.807, 2.05) is 0 Å². The maximum Gasteiger partial charge on any atom is 0.316 e. The number of halogens is 1. The molecular weight excluding hydrogens is 302 g/mol. The first kappa shape index (κ1) is 15.9. The molecular formula is C15H16ClN5O. The molecule has 2 rings (SSSR count). The molecule has 2 N–H and O–H groups in total. The Morgan fingerprint density at radius 3 is 2.82 bits per heavy atom. The third-order valence-electron chi connectivity index (χ3n) is 3.00. The van der Waals surface area contributed by atoms with Gasteiger partial charge in [0, 0.05) is 37.6 Å². The highest BCUT2D eigenvalue weighted by atomic mass is 35.5. The van der Waals surface area contributed by atoms with Gasteiger partial charge in [-0.05, 0) is 24.3 Å². The predicted molar refractivity (Wildman–Crippen MR) is 87.0 cm³/mol. The van der Waals surface area contributed by atoms with Crippen LogP contribution in [0.5, 0.6) is 0 Å². The smallest absolute Gasteiger partial charge is 0.316 e. The highest BCUT2D eigenvalue weighted by Gasteiger charge is 2.06. The largest absolute Gasteiger partial charge is 0.368 e. The summed E-state index contributed by atoms with van der Waals surface area (Å²) in [6, 6.07) is 8.90. The van der Waals surface area contributed by atoms with Gasteiger partial charge in [0.15, 0.2) is 0 Å². The molecule has 0 radical (unpaired) electrons. The number of urea groups is 1. The fourth-order valence-electron chi connectivity index (χ4n) is 1.90. The van der Waals surface area contributed by atoms with Crippen LogP contribution >= 0.6 is 11.6 Å². The molecule has 114 valence electrons. The fourth-order valence-corrected chi connectivity index (χ4v) is 2.07. The number of rotatable bonds is 4. The first-order valence-electron chi connectivity index (χ1n) is 6.70. The zero-order valence-corrected chi connectivity index (χ0v) is 13.1. The van der Waals surface area contributed by atoms with Crippen molar-refractivity contribution in [2.45, 2.75) is 0 Å². The van der Waals surface area contributed by atoms with Gasteiger partial charge in [-0.15, -0.1) is 0 Å². The first-order valence-corrected chi connectivity index (χ1v) is 7.08. The molecule has 0 fully saturated rings. The molecule has 22 heavy (non-hydrogen) atoms. The number of amides is 2. The Morgan fingerprint density at radius 2 is 2.14 bits per heavy atom. The number of hydrogen-bond donors (Lipinski definition) is 2. The van der Waals surface area contributed by atoms with Crippen molar-refractivity contribution in [3.8, 4) is 6.07 Å². The molecule has 6 nitrogen and oxygen atoms in total. The summed E-state index contributed by atoms with van der Waals surface area (Å²) in [6.45, 7) is 0.968. The SMILES string of the molecule is CN(C)C(=O)NCCNc1cc(C#N)c2cc(Cl)ccc2n1. The number of nitrogens with one attached hydrogen (secondary N) is 2. The zero-order chi connectivity index (χ0) is 16.1. The molecule has 0 spiro atoms. The van der Waals surface area contributed by atoms with E-state index in [0.717, 1.165) is 5.39 Å². The standard InChI is InChI=1S/C15H16ClN5O/c1-21(2)15(22)19-6-5-18-14-7-10(9-17)12-8-11(16)3-4-13(12)20-14/h3-4,7-8H,5-6H2,1-2H3,(H,18,20)(H,19,22). The van der Waals surface area contributed by atoms with E-state index in [1.54, 1.807) is 38.4 Å². The second-order valence-electron chi connectivity index (χ2n) is 4.88. The lowest BCUT2D eigenvalue weighted by molar-refractivity contribution is 0.218. The van der Waals surface area contributed by atoms with Crippen LogP contribution in [-0.2, 0) is 0 Å². The Morgan fingerprint density at radius 1 is 1.36 bits per heavy atom. The van der Waals surface area contributed by atoms with Crippen molar-refractivity contribution in [3.63, 3.8) is 0 Å². The lowest BCUT2D eigenvalue weighted by atomic mass is 10.1. The van der Waals surface area contributed by atoms with Crippen LogP contribution in [0, 0.1) is 11.3 Å². The minimum atomic E-state index is -0.152. The van der Waals surface area contributed by atoms with Crippen molar-refractivity contribution in [2.75, 3.05) is 32.5 Å². The normalized spacial score (nSPS) is 10.1. The van der Waals surface area contributed by atoms with Crippen molar-refractivity contribution < 1.29 is 4.79 Å². The first-order chi connectivity index (χ1) is 10.5. The topological polar surface area (TPSA) is 81.0 Å². The van der Waals surface area contributed by atoms with Crippen molar-refractivity contribution in [1.29, 1.82) is 5.26 Å². The molecule has 0 aliphatic carbocycles. The Labute approximate surface area is 133 Å². The van der Waals surface area contributed by atoms with Crippen molar-refractivity contribution >= 4 is 34.4 Å². The average Bonchev–Trinajstić information content (AvgIpc) is 2.50. The number of fused-ring (bicyclic) bond motifs is 1. The highest BCUT2D eigenvalue weighted by molar-refractivity contribution is 6.31. The van der Waals surface area contributed by atoms with Crippen LogP contribution in [-0.4, -0.2) is 43.1 Å². The Balaban J connectivity index is 2.08. The van der Waals surface area contributed by atoms with E-state index in [1.165, 1.54) is 4.90 Å². The van der Waals surface area contributed by atoms with Gasteiger partial charge in [0.1, 0.15) is 5.82 Å². The number of nitrogens with zero attached hydrogens (tertiary/aromatic N) is 3. The summed E-state index contributed by atoms with van der Waals surface area (Å²) in [5.41, 5.74) is 1.20. The Kier molecular flexibility index (Phi) is 5.02. The van der Waals surface area contributed by atoms with Gasteiger partial charge in [0.25, 0.3) is 0 Å². The number of pyridine rings is 1. The number of anilines is 1. The monoisotopic (exact) mass is 317 g/mol. The maximum atomic E-state index is 11.4. The van der Waals surface area contributed by atoms with Gasteiger partial charge in [-0.1, -0.05) is 11.6 Å². The van der Waals surface area contributed by atoms with Gasteiger partial charge in [-0.2, -0.15) is 5.26 Å². The van der Waals surface area contributed by atoms with E-state index in [9.17, 15) is 10.1 Å². The molecule has 0 unspecified atom stereocenters. The van der Waals surface area contributed by atoms with Crippen molar-refractivity contribution in [2.24, 2.45) is 0 Å². The van der Waals surface area contributed by atoms with Crippen molar-refractivity contribution in [1.82, 2.24) is 15.2 Å². The van der Waals surface area contributed by atoms with Crippen LogP contribution in [0.3, 0.4) is 0 Å². The third kappa shape index (κ3) is 3.77. The molecule has 2 aromatic rings. The molecule has 0 atom stereocenters. The number of hydrogen-bond acceptors (Lipinski definition) is 4. The number of benzene rings is 1. The predicted octanol–water partition coefficient (Wildman–Crippen LogP) is 2.44. The molecule has 0 aliphatic rings. The molecule has 0 aliphatic heterocycles. The molecule has 1 aromatic heterocycles. The fraction of sp³-hybridized carbons (Fsp3) is 0.267. The minimum absolute atomic E-state index is 0.152. The average molecular weight is 318 g/mol. The number of carbonyl (C=O) groups excluding carboxylic acids is 1.